The van der Waals surface area contributed by atoms with Crippen LogP contribution in [0.3, 0.4) is 0 Å². The highest BCUT2D eigenvalue weighted by atomic mass is 32.2. The average molecular weight is 437 g/mol. The molecular formula is C20H28N4O3S2. The molecule has 0 radical (unpaired) electrons. The minimum atomic E-state index is -3.53. The van der Waals surface area contributed by atoms with E-state index in [1.165, 1.54) is 28.3 Å². The Balaban J connectivity index is 2.01. The van der Waals surface area contributed by atoms with E-state index in [0.717, 1.165) is 11.4 Å². The van der Waals surface area contributed by atoms with E-state index in [4.69, 9.17) is 0 Å². The van der Waals surface area contributed by atoms with Gasteiger partial charge in [-0.1, -0.05) is 25.6 Å². The van der Waals surface area contributed by atoms with Crippen LogP contribution in [-0.2, 0) is 14.8 Å². The Hall–Kier alpha value is -2.10. The predicted molar refractivity (Wildman–Crippen MR) is 119 cm³/mol. The summed E-state index contributed by atoms with van der Waals surface area (Å²) in [6.07, 6.45) is 1.35. The molecule has 0 saturated heterocycles. The third-order valence-electron chi connectivity index (χ3n) is 4.37. The van der Waals surface area contributed by atoms with Gasteiger partial charge in [0.25, 0.3) is 0 Å². The van der Waals surface area contributed by atoms with E-state index in [-0.39, 0.29) is 16.1 Å². The van der Waals surface area contributed by atoms with Gasteiger partial charge in [-0.25, -0.2) is 13.4 Å². The van der Waals surface area contributed by atoms with Crippen LogP contribution in [-0.4, -0.2) is 56.0 Å². The Morgan fingerprint density at radius 1 is 1.10 bits per heavy atom. The Morgan fingerprint density at radius 2 is 1.72 bits per heavy atom. The minimum absolute atomic E-state index is 0.144. The number of nitrogens with zero attached hydrogens (tertiary/aromatic N) is 3. The van der Waals surface area contributed by atoms with Gasteiger partial charge in [-0.3, -0.25) is 4.79 Å². The van der Waals surface area contributed by atoms with Gasteiger partial charge in [0.1, 0.15) is 4.90 Å². The van der Waals surface area contributed by atoms with Gasteiger partial charge in [-0.05, 0) is 43.3 Å². The average Bonchev–Trinajstić information content (AvgIpc) is 2.69. The van der Waals surface area contributed by atoms with Gasteiger partial charge in [0, 0.05) is 44.8 Å². The van der Waals surface area contributed by atoms with E-state index in [2.05, 4.69) is 10.3 Å². The number of pyridine rings is 1. The molecule has 0 aliphatic heterocycles. The molecule has 1 N–H and O–H groups in total. The van der Waals surface area contributed by atoms with Crippen molar-refractivity contribution in [2.45, 2.75) is 35.9 Å². The first kappa shape index (κ1) is 23.2. The second-order valence-electron chi connectivity index (χ2n) is 6.61. The monoisotopic (exact) mass is 436 g/mol. The molecule has 1 aromatic carbocycles. The number of hydrogen-bond donors (Lipinski definition) is 1. The third-order valence-corrected chi connectivity index (χ3v) is 7.45. The van der Waals surface area contributed by atoms with Crippen LogP contribution in [0.5, 0.6) is 0 Å². The molecule has 0 bridgehead atoms. The number of nitrogens with one attached hydrogen (secondary N) is 1. The lowest BCUT2D eigenvalue weighted by Gasteiger charge is -2.18. The fourth-order valence-electron chi connectivity index (χ4n) is 2.62. The summed E-state index contributed by atoms with van der Waals surface area (Å²) >= 11 is 1.28. The smallest absolute Gasteiger partial charge is 0.244 e. The Morgan fingerprint density at radius 3 is 2.21 bits per heavy atom. The predicted octanol–water partition coefficient (Wildman–Crippen LogP) is 3.30. The number of rotatable bonds is 9. The van der Waals surface area contributed by atoms with E-state index in [1.807, 2.05) is 43.3 Å². The molecule has 0 saturated carbocycles. The number of carbonyl (C=O) groups is 1. The number of aromatic nitrogens is 1. The van der Waals surface area contributed by atoms with E-state index in [9.17, 15) is 13.2 Å². The van der Waals surface area contributed by atoms with Gasteiger partial charge in [-0.2, -0.15) is 4.31 Å². The molecule has 7 nitrogen and oxygen atoms in total. The van der Waals surface area contributed by atoms with Gasteiger partial charge < -0.3 is 10.2 Å². The van der Waals surface area contributed by atoms with Crippen molar-refractivity contribution in [3.63, 3.8) is 0 Å². The van der Waals surface area contributed by atoms with E-state index in [0.29, 0.717) is 18.1 Å². The van der Waals surface area contributed by atoms with Gasteiger partial charge in [0.05, 0.1) is 10.3 Å². The Bertz CT molecular complexity index is 910. The maximum atomic E-state index is 12.5. The zero-order valence-corrected chi connectivity index (χ0v) is 19.0. The van der Waals surface area contributed by atoms with Crippen molar-refractivity contribution in [1.29, 1.82) is 0 Å². The largest absolute Gasteiger partial charge is 0.378 e. The summed E-state index contributed by atoms with van der Waals surface area (Å²) in [5.74, 6) is -0.144. The van der Waals surface area contributed by atoms with E-state index in [1.54, 1.807) is 26.8 Å². The van der Waals surface area contributed by atoms with Crippen molar-refractivity contribution in [3.8, 4) is 0 Å². The summed E-state index contributed by atoms with van der Waals surface area (Å²) in [5.41, 5.74) is 1.77. The molecule has 1 amide bonds. The van der Waals surface area contributed by atoms with Crippen molar-refractivity contribution >= 4 is 39.1 Å². The highest BCUT2D eigenvalue weighted by Crippen LogP contribution is 2.24. The zero-order chi connectivity index (χ0) is 21.6. The van der Waals surface area contributed by atoms with Crippen molar-refractivity contribution < 1.29 is 13.2 Å². The normalized spacial score (nSPS) is 12.6. The SMILES string of the molecule is CCN(CC)S(=O)(=O)c1ccc(S[C@@H](C)C(=O)Nc2ccc(N(C)C)cc2)nc1. The van der Waals surface area contributed by atoms with Crippen LogP contribution in [0.4, 0.5) is 11.4 Å². The Kier molecular flexibility index (Phi) is 8.06. The highest BCUT2D eigenvalue weighted by molar-refractivity contribution is 8.00. The number of carbonyl (C=O) groups excluding carboxylic acids is 1. The fourth-order valence-corrected chi connectivity index (χ4v) is 4.82. The first-order chi connectivity index (χ1) is 13.7. The highest BCUT2D eigenvalue weighted by Gasteiger charge is 2.22. The van der Waals surface area contributed by atoms with Crippen molar-refractivity contribution in [1.82, 2.24) is 9.29 Å². The molecule has 9 heteroatoms. The number of thioether (sulfide) groups is 1. The quantitative estimate of drug-likeness (QED) is 0.608. The van der Waals surface area contributed by atoms with E-state index >= 15 is 0 Å². The standard InChI is InChI=1S/C20H28N4O3S2/c1-6-24(7-2)29(26,27)18-12-13-19(21-14-18)28-15(3)20(25)22-16-8-10-17(11-9-16)23(4)5/h8-15H,6-7H2,1-5H3,(H,22,25)/t15-/m0/s1. The Labute approximate surface area is 177 Å². The molecule has 2 aromatic rings. The molecule has 1 heterocycles. The number of hydrogen-bond acceptors (Lipinski definition) is 6. The summed E-state index contributed by atoms with van der Waals surface area (Å²) in [4.78, 5) is 18.8. The summed E-state index contributed by atoms with van der Waals surface area (Å²) in [7, 11) is 0.378. The molecule has 29 heavy (non-hydrogen) atoms. The summed E-state index contributed by atoms with van der Waals surface area (Å²) in [6, 6.07) is 10.8. The molecule has 0 spiro atoms. The summed E-state index contributed by atoms with van der Waals surface area (Å²) in [6.45, 7) is 6.20. The lowest BCUT2D eigenvalue weighted by molar-refractivity contribution is -0.115. The van der Waals surface area contributed by atoms with Crippen LogP contribution in [0, 0.1) is 0 Å². The van der Waals surface area contributed by atoms with Gasteiger partial charge in [0.15, 0.2) is 0 Å². The van der Waals surface area contributed by atoms with Gasteiger partial charge in [0.2, 0.25) is 15.9 Å². The second-order valence-corrected chi connectivity index (χ2v) is 9.91. The molecule has 1 atom stereocenters. The summed E-state index contributed by atoms with van der Waals surface area (Å²) < 4.78 is 26.4. The van der Waals surface area contributed by atoms with Crippen LogP contribution in [0.2, 0.25) is 0 Å². The minimum Gasteiger partial charge on any atom is -0.378 e. The van der Waals surface area contributed by atoms with Gasteiger partial charge >= 0.3 is 0 Å². The number of anilines is 2. The van der Waals surface area contributed by atoms with Crippen molar-refractivity contribution in [2.24, 2.45) is 0 Å². The maximum Gasteiger partial charge on any atom is 0.244 e. The molecule has 158 valence electrons. The lowest BCUT2D eigenvalue weighted by Crippen LogP contribution is -2.30. The van der Waals surface area contributed by atoms with Crippen molar-refractivity contribution in [3.05, 3.63) is 42.6 Å². The van der Waals surface area contributed by atoms with Crippen LogP contribution >= 0.6 is 11.8 Å². The lowest BCUT2D eigenvalue weighted by atomic mass is 10.2. The summed E-state index contributed by atoms with van der Waals surface area (Å²) in [5, 5.41) is 3.09. The van der Waals surface area contributed by atoms with Crippen LogP contribution < -0.4 is 10.2 Å². The number of benzene rings is 1. The van der Waals surface area contributed by atoms with Crippen molar-refractivity contribution in [2.75, 3.05) is 37.4 Å². The molecular weight excluding hydrogens is 408 g/mol. The number of amides is 1. The fraction of sp³-hybridized carbons (Fsp3) is 0.400. The van der Waals surface area contributed by atoms with Gasteiger partial charge in [-0.15, -0.1) is 0 Å². The molecule has 0 aliphatic carbocycles. The number of sulfonamides is 1. The molecule has 2 rings (SSSR count). The molecule has 1 aromatic heterocycles. The molecule has 0 unspecified atom stereocenters. The van der Waals surface area contributed by atoms with Crippen LogP contribution in [0.15, 0.2) is 52.5 Å². The first-order valence-corrected chi connectivity index (χ1v) is 11.7. The van der Waals surface area contributed by atoms with E-state index < -0.39 is 10.0 Å². The maximum absolute atomic E-state index is 12.5. The second kappa shape index (κ2) is 10.1. The zero-order valence-electron chi connectivity index (χ0n) is 17.4. The third kappa shape index (κ3) is 5.94. The van der Waals surface area contributed by atoms with Crippen LogP contribution in [0.25, 0.3) is 0 Å². The van der Waals surface area contributed by atoms with Crippen LogP contribution in [0.1, 0.15) is 20.8 Å². The molecule has 0 fully saturated rings. The first-order valence-electron chi connectivity index (χ1n) is 9.40. The topological polar surface area (TPSA) is 82.6 Å². The molecule has 0 aliphatic rings.